The first kappa shape index (κ1) is 14.3. The summed E-state index contributed by atoms with van der Waals surface area (Å²) >= 11 is 0. The van der Waals surface area contributed by atoms with Crippen LogP contribution in [0, 0.1) is 10.8 Å². The highest BCUT2D eigenvalue weighted by atomic mass is 16.3. The smallest absolute Gasteiger partial charge is 0.0799 e. The number of aliphatic hydroxyl groups is 2. The van der Waals surface area contributed by atoms with Crippen molar-refractivity contribution < 1.29 is 10.2 Å². The molecule has 0 aromatic heterocycles. The highest BCUT2D eigenvalue weighted by Gasteiger charge is 2.51. The van der Waals surface area contributed by atoms with E-state index in [0.717, 1.165) is 38.5 Å². The molecule has 4 atom stereocenters. The molecule has 1 saturated carbocycles. The van der Waals surface area contributed by atoms with Gasteiger partial charge in [0.25, 0.3) is 0 Å². The molecule has 0 aliphatic heterocycles. The van der Waals surface area contributed by atoms with E-state index in [2.05, 4.69) is 24.3 Å². The zero-order valence-corrected chi connectivity index (χ0v) is 12.4. The van der Waals surface area contributed by atoms with Crippen molar-refractivity contribution in [3.63, 3.8) is 0 Å². The Hall–Kier alpha value is -0.600. The molecule has 0 spiro atoms. The fourth-order valence-corrected chi connectivity index (χ4v) is 4.71. The van der Waals surface area contributed by atoms with Crippen LogP contribution in [0.2, 0.25) is 0 Å². The van der Waals surface area contributed by atoms with E-state index in [1.165, 1.54) is 25.7 Å². The van der Waals surface area contributed by atoms with Gasteiger partial charge in [-0.2, -0.15) is 0 Å². The van der Waals surface area contributed by atoms with Gasteiger partial charge in [0, 0.05) is 10.8 Å². The summed E-state index contributed by atoms with van der Waals surface area (Å²) in [4.78, 5) is 0. The van der Waals surface area contributed by atoms with Crippen LogP contribution < -0.4 is 0 Å². The van der Waals surface area contributed by atoms with Crippen LogP contribution in [-0.4, -0.2) is 22.4 Å². The first-order chi connectivity index (χ1) is 9.68. The average Bonchev–Trinajstić information content (AvgIpc) is 2.93. The lowest BCUT2D eigenvalue weighted by Crippen LogP contribution is -2.33. The monoisotopic (exact) mass is 276 g/mol. The van der Waals surface area contributed by atoms with Crippen molar-refractivity contribution in [2.24, 2.45) is 10.8 Å². The van der Waals surface area contributed by atoms with Crippen LogP contribution in [0.25, 0.3) is 0 Å². The molecule has 0 heterocycles. The normalized spacial score (nSPS) is 45.5. The molecular weight excluding hydrogens is 248 g/mol. The van der Waals surface area contributed by atoms with Crippen LogP contribution in [0.4, 0.5) is 0 Å². The van der Waals surface area contributed by atoms with Gasteiger partial charge in [-0.3, -0.25) is 0 Å². The van der Waals surface area contributed by atoms with Gasteiger partial charge in [0.2, 0.25) is 0 Å². The summed E-state index contributed by atoms with van der Waals surface area (Å²) in [5, 5.41) is 19.9. The Balaban J connectivity index is 1.73. The van der Waals surface area contributed by atoms with Gasteiger partial charge in [-0.15, -0.1) is 0 Å². The Morgan fingerprint density at radius 1 is 0.700 bits per heavy atom. The van der Waals surface area contributed by atoms with E-state index in [4.69, 9.17) is 0 Å². The molecule has 0 saturated heterocycles. The summed E-state index contributed by atoms with van der Waals surface area (Å²) in [6.07, 6.45) is 19.5. The molecule has 2 heteroatoms. The van der Waals surface area contributed by atoms with E-state index < -0.39 is 12.2 Å². The SMILES string of the molecule is O[C@@H]1CCCCC23C=CCC2(C=CC3)CCCC[C@@H]1O. The highest BCUT2D eigenvalue weighted by molar-refractivity contribution is 5.29. The van der Waals surface area contributed by atoms with Crippen molar-refractivity contribution in [3.05, 3.63) is 24.3 Å². The molecule has 0 aromatic rings. The third-order valence-electron chi connectivity index (χ3n) is 6.02. The van der Waals surface area contributed by atoms with E-state index >= 15 is 0 Å². The van der Waals surface area contributed by atoms with Crippen LogP contribution in [0.3, 0.4) is 0 Å². The minimum absolute atomic E-state index is 0.371. The predicted octanol–water partition coefficient (Wildman–Crippen LogP) is 3.74. The molecule has 3 aliphatic carbocycles. The van der Waals surface area contributed by atoms with Gasteiger partial charge in [-0.25, -0.2) is 0 Å². The number of allylic oxidation sites excluding steroid dienone is 4. The Morgan fingerprint density at radius 2 is 1.15 bits per heavy atom. The van der Waals surface area contributed by atoms with Crippen molar-refractivity contribution in [3.8, 4) is 0 Å². The van der Waals surface area contributed by atoms with Gasteiger partial charge in [-0.1, -0.05) is 50.0 Å². The lowest BCUT2D eigenvalue weighted by Gasteiger charge is -2.41. The number of hydrogen-bond donors (Lipinski definition) is 2. The Labute approximate surface area is 122 Å². The van der Waals surface area contributed by atoms with E-state index in [9.17, 15) is 10.2 Å². The summed E-state index contributed by atoms with van der Waals surface area (Å²) in [6.45, 7) is 0. The molecular formula is C18H28O2. The second-order valence-electron chi connectivity index (χ2n) is 7.15. The maximum absolute atomic E-state index is 9.96. The van der Waals surface area contributed by atoms with Crippen molar-refractivity contribution >= 4 is 0 Å². The van der Waals surface area contributed by atoms with Crippen LogP contribution in [0.15, 0.2) is 24.3 Å². The van der Waals surface area contributed by atoms with Gasteiger partial charge in [0.05, 0.1) is 12.2 Å². The maximum Gasteiger partial charge on any atom is 0.0799 e. The quantitative estimate of drug-likeness (QED) is 0.662. The third kappa shape index (κ3) is 2.37. The van der Waals surface area contributed by atoms with E-state index in [0.29, 0.717) is 10.8 Å². The summed E-state index contributed by atoms with van der Waals surface area (Å²) in [6, 6.07) is 0. The minimum atomic E-state index is -0.516. The molecule has 0 bridgehead atoms. The number of rotatable bonds is 0. The topological polar surface area (TPSA) is 40.5 Å². The van der Waals surface area contributed by atoms with E-state index in [1.54, 1.807) is 0 Å². The van der Waals surface area contributed by atoms with Gasteiger partial charge in [0.15, 0.2) is 0 Å². The van der Waals surface area contributed by atoms with Crippen LogP contribution in [0.5, 0.6) is 0 Å². The van der Waals surface area contributed by atoms with Crippen molar-refractivity contribution in [1.29, 1.82) is 0 Å². The lowest BCUT2D eigenvalue weighted by atomic mass is 9.62. The molecule has 2 N–H and O–H groups in total. The van der Waals surface area contributed by atoms with Gasteiger partial charge in [0.1, 0.15) is 0 Å². The molecule has 0 amide bonds. The first-order valence-electron chi connectivity index (χ1n) is 8.39. The second kappa shape index (κ2) is 5.65. The first-order valence-corrected chi connectivity index (χ1v) is 8.39. The molecule has 3 aliphatic rings. The zero-order valence-electron chi connectivity index (χ0n) is 12.4. The molecule has 0 radical (unpaired) electrons. The summed E-state index contributed by atoms with van der Waals surface area (Å²) < 4.78 is 0. The van der Waals surface area contributed by atoms with Crippen LogP contribution in [-0.2, 0) is 0 Å². The van der Waals surface area contributed by atoms with Gasteiger partial charge >= 0.3 is 0 Å². The fraction of sp³-hybridized carbons (Fsp3) is 0.778. The van der Waals surface area contributed by atoms with Crippen LogP contribution >= 0.6 is 0 Å². The minimum Gasteiger partial charge on any atom is -0.390 e. The third-order valence-corrected chi connectivity index (χ3v) is 6.02. The lowest BCUT2D eigenvalue weighted by molar-refractivity contribution is 0.00431. The molecule has 0 aromatic carbocycles. The van der Waals surface area contributed by atoms with E-state index in [1.807, 2.05) is 0 Å². The summed E-state index contributed by atoms with van der Waals surface area (Å²) in [5.41, 5.74) is 0.742. The fourth-order valence-electron chi connectivity index (χ4n) is 4.71. The molecule has 1 fully saturated rings. The van der Waals surface area contributed by atoms with Crippen molar-refractivity contribution in [1.82, 2.24) is 0 Å². The zero-order chi connectivity index (χ0) is 14.1. The number of hydrogen-bond acceptors (Lipinski definition) is 2. The standard InChI is InChI=1S/C18H28O2/c19-15-7-1-3-9-17-11-5-13-18(17,14-6-12-17)10-4-2-8-16(15)20/h5-6,11,14-16,19-20H,1-4,7-10,12-13H2/t15-,16+,17?,18?. The number of aliphatic hydroxyl groups excluding tert-OH is 2. The summed E-state index contributed by atoms with van der Waals surface area (Å²) in [7, 11) is 0. The molecule has 112 valence electrons. The Kier molecular flexibility index (Phi) is 4.05. The second-order valence-corrected chi connectivity index (χ2v) is 7.15. The molecule has 20 heavy (non-hydrogen) atoms. The van der Waals surface area contributed by atoms with Crippen molar-refractivity contribution in [2.45, 2.75) is 76.4 Å². The van der Waals surface area contributed by atoms with Crippen LogP contribution in [0.1, 0.15) is 64.2 Å². The molecule has 3 rings (SSSR count). The Morgan fingerprint density at radius 3 is 1.60 bits per heavy atom. The van der Waals surface area contributed by atoms with Gasteiger partial charge < -0.3 is 10.2 Å². The summed E-state index contributed by atoms with van der Waals surface area (Å²) in [5.74, 6) is 0. The van der Waals surface area contributed by atoms with Gasteiger partial charge in [-0.05, 0) is 38.5 Å². The molecule has 2 nitrogen and oxygen atoms in total. The highest BCUT2D eigenvalue weighted by Crippen LogP contribution is 2.61. The van der Waals surface area contributed by atoms with Crippen molar-refractivity contribution in [2.75, 3.05) is 0 Å². The molecule has 2 unspecified atom stereocenters. The van der Waals surface area contributed by atoms with E-state index in [-0.39, 0.29) is 0 Å². The average molecular weight is 276 g/mol. The Bertz CT molecular complexity index is 362. The predicted molar refractivity (Wildman–Crippen MR) is 81.3 cm³/mol. The maximum atomic E-state index is 9.96. The largest absolute Gasteiger partial charge is 0.390 e.